The van der Waals surface area contributed by atoms with Crippen molar-refractivity contribution in [1.29, 1.82) is 0 Å². The minimum atomic E-state index is -3.71. The molecule has 1 amide bonds. The van der Waals surface area contributed by atoms with Crippen LogP contribution in [0.2, 0.25) is 0 Å². The summed E-state index contributed by atoms with van der Waals surface area (Å²) in [4.78, 5) is 13.1. The number of carbonyl (C=O) groups excluding carboxylic acids is 1. The van der Waals surface area contributed by atoms with Gasteiger partial charge in [0.15, 0.2) is 0 Å². The number of aryl methyl sites for hydroxylation is 2. The van der Waals surface area contributed by atoms with Crippen molar-refractivity contribution < 1.29 is 17.9 Å². The molecule has 0 aliphatic rings. The summed E-state index contributed by atoms with van der Waals surface area (Å²) in [6.07, 6.45) is 1.38. The molecule has 0 aromatic heterocycles. The first-order valence-electron chi connectivity index (χ1n) is 12.2. The third-order valence-corrected chi connectivity index (χ3v) is 8.11. The van der Waals surface area contributed by atoms with Crippen LogP contribution in [0, 0.1) is 19.3 Å². The average molecular weight is 509 g/mol. The van der Waals surface area contributed by atoms with Gasteiger partial charge in [0.1, 0.15) is 5.75 Å². The highest BCUT2D eigenvalue weighted by Crippen LogP contribution is 2.28. The standard InChI is InChI=1S/C29H36N2O4S/c1-6-31(25-11-8-7-9-12-25)36(33,34)26-17-15-24(16-18-26)30-28(32)29(4,5)19-10-20-35-27-21-22(2)13-14-23(27)3/h7-9,11-18,21H,6,10,19-20H2,1-5H3,(H,30,32). The molecule has 6 nitrogen and oxygen atoms in total. The molecule has 0 saturated heterocycles. The van der Waals surface area contributed by atoms with Crippen LogP contribution in [0.3, 0.4) is 0 Å². The van der Waals surface area contributed by atoms with E-state index in [1.54, 1.807) is 31.2 Å². The number of rotatable bonds is 11. The molecule has 0 spiro atoms. The summed E-state index contributed by atoms with van der Waals surface area (Å²) in [6, 6.07) is 21.4. The van der Waals surface area contributed by atoms with Crippen LogP contribution in [0.15, 0.2) is 77.7 Å². The Bertz CT molecular complexity index is 1270. The van der Waals surface area contributed by atoms with Gasteiger partial charge in [0.05, 0.1) is 17.2 Å². The van der Waals surface area contributed by atoms with Gasteiger partial charge in [-0.2, -0.15) is 0 Å². The lowest BCUT2D eigenvalue weighted by molar-refractivity contribution is -0.124. The van der Waals surface area contributed by atoms with E-state index in [-0.39, 0.29) is 10.8 Å². The van der Waals surface area contributed by atoms with E-state index >= 15 is 0 Å². The van der Waals surface area contributed by atoms with E-state index in [9.17, 15) is 13.2 Å². The monoisotopic (exact) mass is 508 g/mol. The predicted octanol–water partition coefficient (Wildman–Crippen LogP) is 6.34. The fraction of sp³-hybridized carbons (Fsp3) is 0.345. The van der Waals surface area contributed by atoms with Gasteiger partial charge >= 0.3 is 0 Å². The number of nitrogens with zero attached hydrogens (tertiary/aromatic N) is 1. The van der Waals surface area contributed by atoms with E-state index in [4.69, 9.17) is 4.74 Å². The zero-order chi connectivity index (χ0) is 26.3. The van der Waals surface area contributed by atoms with Crippen molar-refractivity contribution in [1.82, 2.24) is 0 Å². The van der Waals surface area contributed by atoms with Crippen LogP contribution in [0.1, 0.15) is 44.7 Å². The van der Waals surface area contributed by atoms with E-state index in [2.05, 4.69) is 11.4 Å². The van der Waals surface area contributed by atoms with Gasteiger partial charge < -0.3 is 10.1 Å². The molecular weight excluding hydrogens is 472 g/mol. The first-order valence-corrected chi connectivity index (χ1v) is 13.7. The van der Waals surface area contributed by atoms with Gasteiger partial charge in [-0.25, -0.2) is 8.42 Å². The molecule has 1 N–H and O–H groups in total. The van der Waals surface area contributed by atoms with Crippen LogP contribution >= 0.6 is 0 Å². The summed E-state index contributed by atoms with van der Waals surface area (Å²) in [7, 11) is -3.71. The molecule has 36 heavy (non-hydrogen) atoms. The molecule has 0 saturated carbocycles. The number of hydrogen-bond donors (Lipinski definition) is 1. The topological polar surface area (TPSA) is 75.7 Å². The smallest absolute Gasteiger partial charge is 0.264 e. The van der Waals surface area contributed by atoms with Crippen LogP contribution in [0.5, 0.6) is 5.75 Å². The maximum absolute atomic E-state index is 13.2. The Morgan fingerprint density at radius 2 is 1.64 bits per heavy atom. The molecule has 3 aromatic carbocycles. The van der Waals surface area contributed by atoms with E-state index in [0.717, 1.165) is 23.3 Å². The predicted molar refractivity (Wildman–Crippen MR) is 146 cm³/mol. The molecule has 0 unspecified atom stereocenters. The van der Waals surface area contributed by atoms with Gasteiger partial charge in [-0.05, 0) is 87.2 Å². The Hall–Kier alpha value is -3.32. The lowest BCUT2D eigenvalue weighted by atomic mass is 9.87. The number of carbonyl (C=O) groups is 1. The van der Waals surface area contributed by atoms with E-state index in [1.165, 1.54) is 16.4 Å². The third kappa shape index (κ3) is 6.66. The molecule has 0 fully saturated rings. The van der Waals surface area contributed by atoms with Crippen LogP contribution in [0.25, 0.3) is 0 Å². The van der Waals surface area contributed by atoms with Gasteiger partial charge in [0, 0.05) is 17.6 Å². The van der Waals surface area contributed by atoms with Crippen LogP contribution in [-0.2, 0) is 14.8 Å². The average Bonchev–Trinajstić information content (AvgIpc) is 2.85. The van der Waals surface area contributed by atoms with Crippen molar-refractivity contribution in [3.05, 3.63) is 83.9 Å². The number of hydrogen-bond acceptors (Lipinski definition) is 4. The molecule has 192 valence electrons. The summed E-state index contributed by atoms with van der Waals surface area (Å²) < 4.78 is 33.6. The first kappa shape index (κ1) is 27.3. The van der Waals surface area contributed by atoms with E-state index < -0.39 is 15.4 Å². The summed E-state index contributed by atoms with van der Waals surface area (Å²) >= 11 is 0. The quantitative estimate of drug-likeness (QED) is 0.307. The highest BCUT2D eigenvalue weighted by Gasteiger charge is 2.28. The van der Waals surface area contributed by atoms with Crippen LogP contribution < -0.4 is 14.4 Å². The van der Waals surface area contributed by atoms with Gasteiger partial charge in [-0.3, -0.25) is 9.10 Å². The van der Waals surface area contributed by atoms with Crippen molar-refractivity contribution >= 4 is 27.3 Å². The minimum absolute atomic E-state index is 0.121. The summed E-state index contributed by atoms with van der Waals surface area (Å²) in [5, 5.41) is 2.92. The number of ether oxygens (including phenoxy) is 1. The van der Waals surface area contributed by atoms with Crippen LogP contribution in [0.4, 0.5) is 11.4 Å². The molecule has 0 bridgehead atoms. The fourth-order valence-electron chi connectivity index (χ4n) is 3.90. The Morgan fingerprint density at radius 1 is 0.972 bits per heavy atom. The van der Waals surface area contributed by atoms with Crippen molar-refractivity contribution in [3.8, 4) is 5.75 Å². The molecular formula is C29H36N2O4S. The minimum Gasteiger partial charge on any atom is -0.493 e. The highest BCUT2D eigenvalue weighted by atomic mass is 32.2. The molecule has 3 rings (SSSR count). The summed E-state index contributed by atoms with van der Waals surface area (Å²) in [6.45, 7) is 10.5. The molecule has 0 atom stereocenters. The number of para-hydroxylation sites is 1. The van der Waals surface area contributed by atoms with Crippen molar-refractivity contribution in [2.45, 2.75) is 52.4 Å². The largest absolute Gasteiger partial charge is 0.493 e. The molecule has 3 aromatic rings. The second-order valence-electron chi connectivity index (χ2n) is 9.59. The Balaban J connectivity index is 1.58. The van der Waals surface area contributed by atoms with Gasteiger partial charge in [0.25, 0.3) is 10.0 Å². The lowest BCUT2D eigenvalue weighted by Crippen LogP contribution is -2.31. The Morgan fingerprint density at radius 3 is 2.28 bits per heavy atom. The van der Waals surface area contributed by atoms with Crippen molar-refractivity contribution in [2.24, 2.45) is 5.41 Å². The molecule has 0 heterocycles. The molecule has 0 aliphatic heterocycles. The SMILES string of the molecule is CCN(c1ccccc1)S(=O)(=O)c1ccc(NC(=O)C(C)(C)CCCOc2cc(C)ccc2C)cc1. The van der Waals surface area contributed by atoms with Crippen molar-refractivity contribution in [2.75, 3.05) is 22.8 Å². The number of anilines is 2. The van der Waals surface area contributed by atoms with Gasteiger partial charge in [-0.1, -0.05) is 44.2 Å². The van der Waals surface area contributed by atoms with Crippen LogP contribution in [-0.4, -0.2) is 27.5 Å². The zero-order valence-corrected chi connectivity index (χ0v) is 22.6. The number of amides is 1. The summed E-state index contributed by atoms with van der Waals surface area (Å²) in [5.41, 5.74) is 2.80. The molecule has 0 aliphatic carbocycles. The maximum Gasteiger partial charge on any atom is 0.264 e. The van der Waals surface area contributed by atoms with E-state index in [0.29, 0.717) is 30.9 Å². The highest BCUT2D eigenvalue weighted by molar-refractivity contribution is 7.92. The normalized spacial score (nSPS) is 11.7. The lowest BCUT2D eigenvalue weighted by Gasteiger charge is -2.24. The molecule has 0 radical (unpaired) electrons. The van der Waals surface area contributed by atoms with Crippen molar-refractivity contribution in [3.63, 3.8) is 0 Å². The zero-order valence-electron chi connectivity index (χ0n) is 21.7. The van der Waals surface area contributed by atoms with Gasteiger partial charge in [-0.15, -0.1) is 0 Å². The Kier molecular flexibility index (Phi) is 8.79. The van der Waals surface area contributed by atoms with E-state index in [1.807, 2.05) is 58.0 Å². The second kappa shape index (κ2) is 11.6. The Labute approximate surface area is 215 Å². The third-order valence-electron chi connectivity index (χ3n) is 6.19. The second-order valence-corrected chi connectivity index (χ2v) is 11.5. The number of benzene rings is 3. The number of sulfonamides is 1. The van der Waals surface area contributed by atoms with Gasteiger partial charge in [0.2, 0.25) is 5.91 Å². The fourth-order valence-corrected chi connectivity index (χ4v) is 5.37. The number of nitrogens with one attached hydrogen (secondary N) is 1. The maximum atomic E-state index is 13.2. The molecule has 7 heteroatoms. The summed E-state index contributed by atoms with van der Waals surface area (Å²) in [5.74, 6) is 0.755. The first-order chi connectivity index (χ1) is 17.0.